The summed E-state index contributed by atoms with van der Waals surface area (Å²) in [5.41, 5.74) is 0.153. The van der Waals surface area contributed by atoms with E-state index in [1.54, 1.807) is 0 Å². The molecule has 1 heterocycles. The van der Waals surface area contributed by atoms with Crippen molar-refractivity contribution >= 4 is 11.6 Å². The maximum atomic E-state index is 13.4. The highest BCUT2D eigenvalue weighted by Crippen LogP contribution is 2.40. The van der Waals surface area contributed by atoms with Gasteiger partial charge in [-0.25, -0.2) is 0 Å². The summed E-state index contributed by atoms with van der Waals surface area (Å²) in [4.78, 5) is 1.43. The molecule has 0 unspecified atom stereocenters. The lowest BCUT2D eigenvalue weighted by atomic mass is 10.0. The van der Waals surface area contributed by atoms with Crippen molar-refractivity contribution in [3.8, 4) is 5.75 Å². The first kappa shape index (κ1) is 15.4. The molecule has 1 aromatic rings. The molecule has 1 atom stereocenters. The zero-order valence-corrected chi connectivity index (χ0v) is 11.8. The fourth-order valence-electron chi connectivity index (χ4n) is 2.39. The first-order valence-electron chi connectivity index (χ1n) is 6.28. The molecule has 3 nitrogen and oxygen atoms in total. The molecule has 1 N–H and O–H groups in total. The molecule has 1 aliphatic heterocycles. The van der Waals surface area contributed by atoms with Crippen LogP contribution in [0, 0.1) is 0 Å². The summed E-state index contributed by atoms with van der Waals surface area (Å²) >= 11 is 5.87. The molecule has 0 amide bonds. The van der Waals surface area contributed by atoms with Crippen LogP contribution in [0.5, 0.6) is 5.75 Å². The van der Waals surface area contributed by atoms with E-state index in [-0.39, 0.29) is 11.3 Å². The molecule has 20 heavy (non-hydrogen) atoms. The molecule has 0 bridgehead atoms. The third-order valence-electron chi connectivity index (χ3n) is 3.32. The van der Waals surface area contributed by atoms with Gasteiger partial charge in [-0.05, 0) is 17.7 Å². The maximum Gasteiger partial charge on any atom is 0.408 e. The largest absolute Gasteiger partial charge is 0.495 e. The Labute approximate surface area is 120 Å². The summed E-state index contributed by atoms with van der Waals surface area (Å²) in [6.07, 6.45) is -4.34. The van der Waals surface area contributed by atoms with E-state index in [4.69, 9.17) is 16.3 Å². The zero-order chi connectivity index (χ0) is 14.8. The van der Waals surface area contributed by atoms with Crippen LogP contribution in [0.4, 0.5) is 13.2 Å². The van der Waals surface area contributed by atoms with Crippen molar-refractivity contribution in [1.29, 1.82) is 0 Å². The number of benzene rings is 1. The molecule has 0 saturated carbocycles. The molecule has 0 radical (unpaired) electrons. The molecule has 0 spiro atoms. The first-order chi connectivity index (χ1) is 9.43. The normalized spacial score (nSPS) is 18.9. The Morgan fingerprint density at radius 3 is 2.50 bits per heavy atom. The molecular weight excluding hydrogens is 293 g/mol. The van der Waals surface area contributed by atoms with Gasteiger partial charge in [0.25, 0.3) is 0 Å². The summed E-state index contributed by atoms with van der Waals surface area (Å²) in [6, 6.07) is 2.58. The Hall–Kier alpha value is -0.980. The number of hydrogen-bond acceptors (Lipinski definition) is 3. The van der Waals surface area contributed by atoms with Gasteiger partial charge < -0.3 is 10.1 Å². The van der Waals surface area contributed by atoms with Crippen molar-refractivity contribution in [2.75, 3.05) is 33.3 Å². The van der Waals surface area contributed by atoms with Gasteiger partial charge in [-0.1, -0.05) is 17.7 Å². The number of nitrogens with zero attached hydrogens (tertiary/aromatic N) is 1. The van der Waals surface area contributed by atoms with E-state index in [0.717, 1.165) is 0 Å². The van der Waals surface area contributed by atoms with Gasteiger partial charge >= 0.3 is 6.18 Å². The van der Waals surface area contributed by atoms with Gasteiger partial charge in [0, 0.05) is 26.2 Å². The average molecular weight is 309 g/mol. The number of nitrogens with one attached hydrogen (secondary N) is 1. The van der Waals surface area contributed by atoms with Crippen LogP contribution in [0.1, 0.15) is 11.6 Å². The summed E-state index contributed by atoms with van der Waals surface area (Å²) in [7, 11) is 1.39. The summed E-state index contributed by atoms with van der Waals surface area (Å²) < 4.78 is 45.2. The molecule has 1 aromatic carbocycles. The van der Waals surface area contributed by atoms with Crippen molar-refractivity contribution in [2.45, 2.75) is 12.2 Å². The average Bonchev–Trinajstić information content (AvgIpc) is 2.40. The molecule has 0 aliphatic carbocycles. The number of rotatable bonds is 3. The highest BCUT2D eigenvalue weighted by molar-refractivity contribution is 6.32. The van der Waals surface area contributed by atoms with Crippen LogP contribution >= 0.6 is 11.6 Å². The van der Waals surface area contributed by atoms with Crippen LogP contribution in [0.2, 0.25) is 5.02 Å². The lowest BCUT2D eigenvalue weighted by Crippen LogP contribution is -2.49. The van der Waals surface area contributed by atoms with Crippen molar-refractivity contribution in [2.24, 2.45) is 0 Å². The molecular formula is C13H16ClF3N2O. The predicted octanol–water partition coefficient (Wildman–Crippen LogP) is 2.86. The Morgan fingerprint density at radius 1 is 1.30 bits per heavy atom. The molecule has 112 valence electrons. The Morgan fingerprint density at radius 2 is 1.95 bits per heavy atom. The summed E-state index contributed by atoms with van der Waals surface area (Å²) in [5, 5.41) is 3.35. The van der Waals surface area contributed by atoms with E-state index in [2.05, 4.69) is 5.32 Å². The Kier molecular flexibility index (Phi) is 4.78. The zero-order valence-electron chi connectivity index (χ0n) is 11.0. The van der Waals surface area contributed by atoms with Crippen LogP contribution in [0.25, 0.3) is 0 Å². The number of hydrogen-bond donors (Lipinski definition) is 1. The van der Waals surface area contributed by atoms with E-state index in [0.29, 0.717) is 31.2 Å². The number of methoxy groups -OCH3 is 1. The minimum Gasteiger partial charge on any atom is -0.495 e. The van der Waals surface area contributed by atoms with Crippen LogP contribution in [0.3, 0.4) is 0 Å². The van der Waals surface area contributed by atoms with Crippen molar-refractivity contribution in [1.82, 2.24) is 10.2 Å². The number of ether oxygens (including phenoxy) is 1. The van der Waals surface area contributed by atoms with E-state index in [9.17, 15) is 13.2 Å². The van der Waals surface area contributed by atoms with Crippen molar-refractivity contribution < 1.29 is 17.9 Å². The monoisotopic (exact) mass is 308 g/mol. The molecule has 7 heteroatoms. The predicted molar refractivity (Wildman–Crippen MR) is 71.2 cm³/mol. The fourth-order valence-corrected chi connectivity index (χ4v) is 2.59. The number of piperazine rings is 1. The minimum atomic E-state index is -4.34. The lowest BCUT2D eigenvalue weighted by molar-refractivity contribution is -0.187. The van der Waals surface area contributed by atoms with Crippen LogP contribution in [-0.4, -0.2) is 44.4 Å². The van der Waals surface area contributed by atoms with Gasteiger partial charge in [-0.3, -0.25) is 4.90 Å². The Bertz CT molecular complexity index is 461. The number of alkyl halides is 3. The topological polar surface area (TPSA) is 24.5 Å². The minimum absolute atomic E-state index is 0.153. The molecule has 1 fully saturated rings. The third kappa shape index (κ3) is 3.37. The molecule has 2 rings (SSSR count). The van der Waals surface area contributed by atoms with E-state index < -0.39 is 12.2 Å². The fraction of sp³-hybridized carbons (Fsp3) is 0.538. The van der Waals surface area contributed by atoms with Crippen LogP contribution in [-0.2, 0) is 0 Å². The van der Waals surface area contributed by atoms with Crippen LogP contribution < -0.4 is 10.1 Å². The van der Waals surface area contributed by atoms with Gasteiger partial charge in [0.05, 0.1) is 12.1 Å². The third-order valence-corrected chi connectivity index (χ3v) is 3.63. The SMILES string of the molecule is COc1cc([C@H](N2CCNCC2)C(F)(F)F)ccc1Cl. The second kappa shape index (κ2) is 6.20. The van der Waals surface area contributed by atoms with E-state index in [1.807, 2.05) is 0 Å². The molecule has 1 saturated heterocycles. The summed E-state index contributed by atoms with van der Waals surface area (Å²) in [5.74, 6) is 0.258. The highest BCUT2D eigenvalue weighted by atomic mass is 35.5. The van der Waals surface area contributed by atoms with Gasteiger partial charge in [0.15, 0.2) is 0 Å². The van der Waals surface area contributed by atoms with Gasteiger partial charge in [-0.2, -0.15) is 13.2 Å². The molecule has 1 aliphatic rings. The van der Waals surface area contributed by atoms with Crippen molar-refractivity contribution in [3.63, 3.8) is 0 Å². The first-order valence-corrected chi connectivity index (χ1v) is 6.66. The smallest absolute Gasteiger partial charge is 0.408 e. The second-order valence-corrected chi connectivity index (χ2v) is 5.03. The van der Waals surface area contributed by atoms with E-state index >= 15 is 0 Å². The summed E-state index contributed by atoms with van der Waals surface area (Å²) in [6.45, 7) is 1.82. The maximum absolute atomic E-state index is 13.4. The standard InChI is InChI=1S/C13H16ClF3N2O/c1-20-11-8-9(2-3-10(11)14)12(13(15,16)17)19-6-4-18-5-7-19/h2-3,8,12,18H,4-7H2,1H3/t12-/m0/s1. The lowest BCUT2D eigenvalue weighted by Gasteiger charge is -2.36. The van der Waals surface area contributed by atoms with Gasteiger partial charge in [0.1, 0.15) is 11.8 Å². The van der Waals surface area contributed by atoms with Gasteiger partial charge in [0.2, 0.25) is 0 Å². The number of halogens is 4. The van der Waals surface area contributed by atoms with E-state index in [1.165, 1.54) is 30.2 Å². The van der Waals surface area contributed by atoms with Crippen LogP contribution in [0.15, 0.2) is 18.2 Å². The second-order valence-electron chi connectivity index (χ2n) is 4.62. The highest BCUT2D eigenvalue weighted by Gasteiger charge is 2.45. The van der Waals surface area contributed by atoms with Crippen molar-refractivity contribution in [3.05, 3.63) is 28.8 Å². The quantitative estimate of drug-likeness (QED) is 0.929. The van der Waals surface area contributed by atoms with Gasteiger partial charge in [-0.15, -0.1) is 0 Å². The molecule has 0 aromatic heterocycles. The Balaban J connectivity index is 2.35.